The molecule has 0 unspecified atom stereocenters. The smallest absolute Gasteiger partial charge is 0.132 e. The van der Waals surface area contributed by atoms with Gasteiger partial charge < -0.3 is 9.72 Å². The molecule has 0 aliphatic carbocycles. The van der Waals surface area contributed by atoms with E-state index in [4.69, 9.17) is 4.74 Å². The summed E-state index contributed by atoms with van der Waals surface area (Å²) in [6.07, 6.45) is 2.07. The van der Waals surface area contributed by atoms with Crippen LogP contribution in [0, 0.1) is 6.92 Å². The third-order valence-corrected chi connectivity index (χ3v) is 1.31. The van der Waals surface area contributed by atoms with Gasteiger partial charge in [-0.2, -0.15) is 0 Å². The minimum atomic E-state index is 0.264. The third-order valence-electron chi connectivity index (χ3n) is 1.31. The van der Waals surface area contributed by atoms with Crippen LogP contribution < -0.4 is 0 Å². The van der Waals surface area contributed by atoms with Crippen molar-refractivity contribution in [2.24, 2.45) is 0 Å². The summed E-state index contributed by atoms with van der Waals surface area (Å²) in [6.45, 7) is 6.57. The van der Waals surface area contributed by atoms with Gasteiger partial charge in [-0.3, -0.25) is 0 Å². The highest BCUT2D eigenvalue weighted by atomic mass is 16.5. The van der Waals surface area contributed by atoms with E-state index in [1.165, 1.54) is 0 Å². The number of hydrogen-bond donors (Lipinski definition) is 1. The van der Waals surface area contributed by atoms with E-state index in [9.17, 15) is 0 Å². The number of imidazole rings is 1. The fraction of sp³-hybridized carbons (Fsp3) is 0.625. The molecule has 0 radical (unpaired) electrons. The molecule has 1 heterocycles. The average Bonchev–Trinajstić information content (AvgIpc) is 2.31. The molecule has 0 atom stereocenters. The van der Waals surface area contributed by atoms with Crippen molar-refractivity contribution in [3.63, 3.8) is 0 Å². The van der Waals surface area contributed by atoms with E-state index in [0.717, 1.165) is 11.5 Å². The Morgan fingerprint density at radius 1 is 1.64 bits per heavy atom. The normalized spacial score (nSPS) is 10.9. The Bertz CT molecular complexity index is 218. The Kier molecular flexibility index (Phi) is 2.65. The highest BCUT2D eigenvalue weighted by molar-refractivity contribution is 4.96. The predicted molar refractivity (Wildman–Crippen MR) is 43.2 cm³/mol. The maximum atomic E-state index is 5.35. The zero-order valence-corrected chi connectivity index (χ0v) is 7.22. The van der Waals surface area contributed by atoms with E-state index in [1.54, 1.807) is 6.20 Å². The van der Waals surface area contributed by atoms with E-state index in [2.05, 4.69) is 9.97 Å². The third kappa shape index (κ3) is 2.72. The molecule has 0 aliphatic rings. The first kappa shape index (κ1) is 8.27. The quantitative estimate of drug-likeness (QED) is 0.718. The highest BCUT2D eigenvalue weighted by Crippen LogP contribution is 1.98. The van der Waals surface area contributed by atoms with Gasteiger partial charge in [0.2, 0.25) is 0 Å². The maximum absolute atomic E-state index is 5.35. The Balaban J connectivity index is 2.39. The van der Waals surface area contributed by atoms with Crippen molar-refractivity contribution in [2.75, 3.05) is 0 Å². The molecule has 0 aromatic carbocycles. The fourth-order valence-corrected chi connectivity index (χ4v) is 0.786. The van der Waals surface area contributed by atoms with Gasteiger partial charge in [0.05, 0.1) is 6.10 Å². The van der Waals surface area contributed by atoms with Gasteiger partial charge in [-0.1, -0.05) is 0 Å². The molecule has 1 N–H and O–H groups in total. The van der Waals surface area contributed by atoms with E-state index in [0.29, 0.717) is 6.61 Å². The van der Waals surface area contributed by atoms with Gasteiger partial charge in [-0.25, -0.2) is 4.98 Å². The number of nitrogens with one attached hydrogen (secondary N) is 1. The molecule has 1 aromatic rings. The Labute approximate surface area is 66.8 Å². The maximum Gasteiger partial charge on any atom is 0.132 e. The van der Waals surface area contributed by atoms with Crippen molar-refractivity contribution in [2.45, 2.75) is 33.5 Å². The lowest BCUT2D eigenvalue weighted by Gasteiger charge is -2.03. The van der Waals surface area contributed by atoms with Gasteiger partial charge in [-0.15, -0.1) is 0 Å². The average molecular weight is 154 g/mol. The molecule has 3 nitrogen and oxygen atoms in total. The van der Waals surface area contributed by atoms with Gasteiger partial charge in [0.1, 0.15) is 12.4 Å². The summed E-state index contributed by atoms with van der Waals surface area (Å²) in [5, 5.41) is 0. The lowest BCUT2D eigenvalue weighted by Crippen LogP contribution is -2.03. The van der Waals surface area contributed by atoms with E-state index >= 15 is 0 Å². The number of ether oxygens (including phenoxy) is 1. The largest absolute Gasteiger partial charge is 0.371 e. The number of aromatic amines is 1. The zero-order valence-electron chi connectivity index (χ0n) is 7.22. The molecule has 3 heteroatoms. The number of hydrogen-bond acceptors (Lipinski definition) is 2. The number of aromatic nitrogens is 2. The van der Waals surface area contributed by atoms with Crippen LogP contribution >= 0.6 is 0 Å². The Morgan fingerprint density at radius 3 is 2.82 bits per heavy atom. The van der Waals surface area contributed by atoms with Crippen molar-refractivity contribution in [1.82, 2.24) is 9.97 Å². The molecule has 62 valence electrons. The van der Waals surface area contributed by atoms with Crippen LogP contribution in [0.1, 0.15) is 25.4 Å². The van der Waals surface area contributed by atoms with Crippen LogP contribution in [0.2, 0.25) is 0 Å². The summed E-state index contributed by atoms with van der Waals surface area (Å²) < 4.78 is 5.35. The first-order valence-electron chi connectivity index (χ1n) is 3.80. The van der Waals surface area contributed by atoms with Gasteiger partial charge in [-0.05, 0) is 20.8 Å². The first-order chi connectivity index (χ1) is 5.18. The topological polar surface area (TPSA) is 37.9 Å². The molecule has 0 aliphatic heterocycles. The second-order valence-electron chi connectivity index (χ2n) is 2.87. The van der Waals surface area contributed by atoms with Gasteiger partial charge in [0, 0.05) is 11.9 Å². The Hall–Kier alpha value is -0.830. The minimum absolute atomic E-state index is 0.264. The molecule has 0 bridgehead atoms. The second kappa shape index (κ2) is 3.53. The van der Waals surface area contributed by atoms with E-state index in [-0.39, 0.29) is 6.10 Å². The summed E-state index contributed by atoms with van der Waals surface area (Å²) >= 11 is 0. The van der Waals surface area contributed by atoms with Crippen molar-refractivity contribution in [3.8, 4) is 0 Å². The van der Waals surface area contributed by atoms with Crippen LogP contribution in [0.25, 0.3) is 0 Å². The number of aryl methyl sites for hydroxylation is 1. The highest BCUT2D eigenvalue weighted by Gasteiger charge is 1.98. The molecule has 1 aromatic heterocycles. The van der Waals surface area contributed by atoms with Crippen LogP contribution in [-0.4, -0.2) is 16.1 Å². The number of H-pyrrole nitrogens is 1. The molecule has 0 amide bonds. The molecule has 0 saturated heterocycles. The van der Waals surface area contributed by atoms with Crippen LogP contribution in [0.15, 0.2) is 6.20 Å². The number of nitrogens with zero attached hydrogens (tertiary/aromatic N) is 1. The van der Waals surface area contributed by atoms with Crippen molar-refractivity contribution in [1.29, 1.82) is 0 Å². The van der Waals surface area contributed by atoms with Gasteiger partial charge in [0.15, 0.2) is 0 Å². The zero-order chi connectivity index (χ0) is 8.27. The first-order valence-corrected chi connectivity index (χ1v) is 3.80. The van der Waals surface area contributed by atoms with E-state index < -0.39 is 0 Å². The molecular formula is C8H14N2O. The monoisotopic (exact) mass is 154 g/mol. The van der Waals surface area contributed by atoms with Crippen molar-refractivity contribution in [3.05, 3.63) is 17.7 Å². The Morgan fingerprint density at radius 2 is 2.36 bits per heavy atom. The molecule has 11 heavy (non-hydrogen) atoms. The standard InChI is InChI=1S/C8H14N2O/c1-6(2)11-5-8-9-4-7(3)10-8/h4,6H,5H2,1-3H3,(H,9,10). The summed E-state index contributed by atoms with van der Waals surface area (Å²) in [4.78, 5) is 7.20. The van der Waals surface area contributed by atoms with Crippen LogP contribution in [0.4, 0.5) is 0 Å². The molecule has 1 rings (SSSR count). The fourth-order valence-electron chi connectivity index (χ4n) is 0.786. The summed E-state index contributed by atoms with van der Waals surface area (Å²) in [5.74, 6) is 0.899. The number of rotatable bonds is 3. The molecular weight excluding hydrogens is 140 g/mol. The van der Waals surface area contributed by atoms with E-state index in [1.807, 2.05) is 20.8 Å². The SMILES string of the molecule is Cc1cnc(COC(C)C)[nH]1. The van der Waals surface area contributed by atoms with Gasteiger partial charge >= 0.3 is 0 Å². The van der Waals surface area contributed by atoms with Crippen molar-refractivity contribution >= 4 is 0 Å². The summed E-state index contributed by atoms with van der Waals surface area (Å²) in [6, 6.07) is 0. The molecule has 0 saturated carbocycles. The second-order valence-corrected chi connectivity index (χ2v) is 2.87. The predicted octanol–water partition coefficient (Wildman–Crippen LogP) is 1.64. The summed E-state index contributed by atoms with van der Waals surface area (Å²) in [7, 11) is 0. The lowest BCUT2D eigenvalue weighted by molar-refractivity contribution is 0.0617. The summed E-state index contributed by atoms with van der Waals surface area (Å²) in [5.41, 5.74) is 1.08. The van der Waals surface area contributed by atoms with Crippen molar-refractivity contribution < 1.29 is 4.74 Å². The van der Waals surface area contributed by atoms with Crippen LogP contribution in [0.5, 0.6) is 0 Å². The lowest BCUT2D eigenvalue weighted by atomic mass is 10.5. The van der Waals surface area contributed by atoms with Gasteiger partial charge in [0.25, 0.3) is 0 Å². The molecule has 0 fully saturated rings. The minimum Gasteiger partial charge on any atom is -0.371 e. The van der Waals surface area contributed by atoms with Crippen LogP contribution in [0.3, 0.4) is 0 Å². The van der Waals surface area contributed by atoms with Crippen LogP contribution in [-0.2, 0) is 11.3 Å². The molecule has 0 spiro atoms.